The summed E-state index contributed by atoms with van der Waals surface area (Å²) in [6, 6.07) is 11.4. The zero-order valence-electron chi connectivity index (χ0n) is 15.3. The van der Waals surface area contributed by atoms with Gasteiger partial charge >= 0.3 is 0 Å². The van der Waals surface area contributed by atoms with Gasteiger partial charge in [0.15, 0.2) is 5.13 Å². The lowest BCUT2D eigenvalue weighted by atomic mass is 9.83. The number of halogens is 1. The van der Waals surface area contributed by atoms with Crippen molar-refractivity contribution in [2.45, 2.75) is 57.1 Å². The van der Waals surface area contributed by atoms with Crippen molar-refractivity contribution in [2.24, 2.45) is 5.92 Å². The Morgan fingerprint density at radius 3 is 2.62 bits per heavy atom. The van der Waals surface area contributed by atoms with Crippen molar-refractivity contribution >= 4 is 32.4 Å². The summed E-state index contributed by atoms with van der Waals surface area (Å²) < 4.78 is 7.34. The summed E-state index contributed by atoms with van der Waals surface area (Å²) in [7, 11) is 0. The molecule has 2 fully saturated rings. The van der Waals surface area contributed by atoms with E-state index < -0.39 is 0 Å². The van der Waals surface area contributed by atoms with Crippen LogP contribution in [0.25, 0.3) is 0 Å². The summed E-state index contributed by atoms with van der Waals surface area (Å²) in [4.78, 5) is 7.08. The molecule has 0 radical (unpaired) electrons. The summed E-state index contributed by atoms with van der Waals surface area (Å²) in [6.45, 7) is 4.28. The van der Waals surface area contributed by atoms with Gasteiger partial charge in [0.2, 0.25) is 0 Å². The smallest absolute Gasteiger partial charge is 0.186 e. The van der Waals surface area contributed by atoms with Gasteiger partial charge in [0.05, 0.1) is 18.8 Å². The maximum atomic E-state index is 6.40. The number of aromatic nitrogens is 1. The Balaban J connectivity index is 1.30. The van der Waals surface area contributed by atoms with Gasteiger partial charge in [-0.2, -0.15) is 0 Å². The molecule has 0 N–H and O–H groups in total. The molecule has 0 unspecified atom stereocenters. The molecule has 1 aromatic heterocycles. The predicted molar refractivity (Wildman–Crippen MR) is 112 cm³/mol. The first-order valence-corrected chi connectivity index (χ1v) is 11.4. The molecule has 0 spiro atoms. The first kappa shape index (κ1) is 18.5. The van der Waals surface area contributed by atoms with E-state index in [0.29, 0.717) is 24.0 Å². The molecule has 1 aromatic carbocycles. The third kappa shape index (κ3) is 4.15. The van der Waals surface area contributed by atoms with Crippen LogP contribution in [0.2, 0.25) is 0 Å². The van der Waals surface area contributed by atoms with Gasteiger partial charge in [-0.25, -0.2) is 4.98 Å². The third-order valence-corrected chi connectivity index (χ3v) is 7.63. The van der Waals surface area contributed by atoms with Gasteiger partial charge in [0, 0.05) is 11.9 Å². The fourth-order valence-corrected chi connectivity index (χ4v) is 5.73. The highest BCUT2D eigenvalue weighted by atomic mass is 79.9. The maximum absolute atomic E-state index is 6.40. The lowest BCUT2D eigenvalue weighted by molar-refractivity contribution is 0.0134. The highest BCUT2D eigenvalue weighted by Gasteiger charge is 2.34. The summed E-state index contributed by atoms with van der Waals surface area (Å²) in [6.07, 6.45) is 6.52. The molecule has 1 saturated carbocycles. The van der Waals surface area contributed by atoms with Crippen LogP contribution in [0, 0.1) is 5.92 Å². The molecule has 3 nitrogen and oxygen atoms in total. The van der Waals surface area contributed by atoms with E-state index in [-0.39, 0.29) is 0 Å². The van der Waals surface area contributed by atoms with Crippen LogP contribution in [-0.4, -0.2) is 30.3 Å². The second-order valence-corrected chi connectivity index (χ2v) is 9.35. The summed E-state index contributed by atoms with van der Waals surface area (Å²) in [5, 5.41) is 3.20. The summed E-state index contributed by atoms with van der Waals surface area (Å²) >= 11 is 5.21. The van der Waals surface area contributed by atoms with Crippen LogP contribution in [0.5, 0.6) is 0 Å². The predicted octanol–water partition coefficient (Wildman–Crippen LogP) is 5.86. The second kappa shape index (κ2) is 8.41. The van der Waals surface area contributed by atoms with Crippen molar-refractivity contribution in [3.05, 3.63) is 45.9 Å². The van der Waals surface area contributed by atoms with Gasteiger partial charge < -0.3 is 9.64 Å². The molecule has 0 bridgehead atoms. The fraction of sp³-hybridized carbons (Fsp3) is 0.571. The zero-order valence-corrected chi connectivity index (χ0v) is 17.7. The van der Waals surface area contributed by atoms with Crippen LogP contribution >= 0.6 is 27.3 Å². The molecule has 140 valence electrons. The quantitative estimate of drug-likeness (QED) is 0.588. The van der Waals surface area contributed by atoms with Crippen molar-refractivity contribution in [1.82, 2.24) is 4.98 Å². The average Bonchev–Trinajstić information content (AvgIpc) is 3.26. The van der Waals surface area contributed by atoms with Crippen LogP contribution in [0.1, 0.15) is 50.5 Å². The lowest BCUT2D eigenvalue weighted by Crippen LogP contribution is -2.38. The van der Waals surface area contributed by atoms with Crippen molar-refractivity contribution in [3.63, 3.8) is 0 Å². The summed E-state index contributed by atoms with van der Waals surface area (Å²) in [5.74, 6) is 1.38. The van der Waals surface area contributed by atoms with Crippen molar-refractivity contribution in [2.75, 3.05) is 18.1 Å². The number of anilines is 1. The van der Waals surface area contributed by atoms with Crippen molar-refractivity contribution in [3.8, 4) is 0 Å². The molecule has 2 aromatic rings. The second-order valence-electron chi connectivity index (χ2n) is 7.70. The van der Waals surface area contributed by atoms with E-state index >= 15 is 0 Å². The molecule has 2 atom stereocenters. The van der Waals surface area contributed by atoms with Gasteiger partial charge in [0.25, 0.3) is 0 Å². The van der Waals surface area contributed by atoms with Gasteiger partial charge in [-0.3, -0.25) is 0 Å². The van der Waals surface area contributed by atoms with E-state index in [1.807, 2.05) is 0 Å². The minimum atomic E-state index is 0.424. The molecule has 26 heavy (non-hydrogen) atoms. The normalized spacial score (nSPS) is 29.2. The van der Waals surface area contributed by atoms with Crippen molar-refractivity contribution < 1.29 is 4.74 Å². The Morgan fingerprint density at radius 1 is 1.15 bits per heavy atom. The molecule has 1 aliphatic carbocycles. The van der Waals surface area contributed by atoms with Crippen molar-refractivity contribution in [1.29, 1.82) is 0 Å². The van der Waals surface area contributed by atoms with Crippen LogP contribution < -0.4 is 4.90 Å². The van der Waals surface area contributed by atoms with Gasteiger partial charge in [-0.1, -0.05) is 37.3 Å². The lowest BCUT2D eigenvalue weighted by Gasteiger charge is -2.32. The van der Waals surface area contributed by atoms with Crippen LogP contribution in [0.4, 0.5) is 5.13 Å². The highest BCUT2D eigenvalue weighted by Crippen LogP contribution is 2.36. The number of thiazole rings is 1. The molecule has 1 aliphatic heterocycles. The number of hydrogen-bond donors (Lipinski definition) is 0. The van der Waals surface area contributed by atoms with E-state index in [1.54, 1.807) is 11.3 Å². The fourth-order valence-electron chi connectivity index (χ4n) is 4.40. The number of rotatable bonds is 5. The molecule has 1 saturated heterocycles. The monoisotopic (exact) mass is 434 g/mol. The average molecular weight is 435 g/mol. The van der Waals surface area contributed by atoms with E-state index in [9.17, 15) is 0 Å². The molecule has 2 heterocycles. The van der Waals surface area contributed by atoms with Gasteiger partial charge in [-0.15, -0.1) is 11.3 Å². The topological polar surface area (TPSA) is 25.4 Å². The maximum Gasteiger partial charge on any atom is 0.186 e. The van der Waals surface area contributed by atoms with E-state index in [4.69, 9.17) is 4.74 Å². The number of nitrogens with zero attached hydrogens (tertiary/aromatic N) is 2. The van der Waals surface area contributed by atoms with Crippen LogP contribution in [0.15, 0.2) is 40.3 Å². The Hall–Kier alpha value is -0.910. The van der Waals surface area contributed by atoms with E-state index in [0.717, 1.165) is 22.9 Å². The number of benzene rings is 1. The Kier molecular flexibility index (Phi) is 5.97. The Labute approximate surface area is 168 Å². The Morgan fingerprint density at radius 2 is 1.92 bits per heavy atom. The first-order chi connectivity index (χ1) is 12.7. The van der Waals surface area contributed by atoms with E-state index in [1.165, 1.54) is 37.7 Å². The largest absolute Gasteiger partial charge is 0.376 e. The number of ether oxygens (including phenoxy) is 1. The van der Waals surface area contributed by atoms with E-state index in [2.05, 4.69) is 68.4 Å². The molecule has 4 rings (SSSR count). The molecular weight excluding hydrogens is 408 g/mol. The SMILES string of the molecule is C[C@H]1CCN(c2nc(Br)cs2)[C@H]1COC1CCC(c2ccccc2)CC1. The minimum Gasteiger partial charge on any atom is -0.376 e. The standard InChI is InChI=1S/C21H27BrN2OS/c1-15-11-12-24(21-23-20(22)14-26-21)19(15)13-25-18-9-7-17(8-10-18)16-5-3-2-4-6-16/h2-6,14-15,17-19H,7-13H2,1H3/t15-,17?,18?,19-/m0/s1. The molecule has 0 amide bonds. The summed E-state index contributed by atoms with van der Waals surface area (Å²) in [5.41, 5.74) is 1.50. The Bertz CT molecular complexity index is 699. The number of hydrogen-bond acceptors (Lipinski definition) is 4. The zero-order chi connectivity index (χ0) is 17.9. The minimum absolute atomic E-state index is 0.424. The molecule has 5 heteroatoms. The van der Waals surface area contributed by atoms with Gasteiger partial charge in [-0.05, 0) is 65.4 Å². The van der Waals surface area contributed by atoms with Crippen LogP contribution in [0.3, 0.4) is 0 Å². The third-order valence-electron chi connectivity index (χ3n) is 6.04. The van der Waals surface area contributed by atoms with Gasteiger partial charge in [0.1, 0.15) is 4.60 Å². The first-order valence-electron chi connectivity index (χ1n) is 9.75. The highest BCUT2D eigenvalue weighted by molar-refractivity contribution is 9.10. The molecular formula is C21H27BrN2OS. The van der Waals surface area contributed by atoms with Crippen LogP contribution in [-0.2, 0) is 4.74 Å². The molecule has 2 aliphatic rings.